The molecule has 34 heavy (non-hydrogen) atoms. The highest BCUT2D eigenvalue weighted by Crippen LogP contribution is 2.26. The summed E-state index contributed by atoms with van der Waals surface area (Å²) in [5, 5.41) is 12.2. The van der Waals surface area contributed by atoms with Crippen LogP contribution in [0.25, 0.3) is 0 Å². The average molecular weight is 482 g/mol. The van der Waals surface area contributed by atoms with Crippen molar-refractivity contribution in [3.05, 3.63) is 69.9 Å². The first kappa shape index (κ1) is 23.8. The Kier molecular flexibility index (Phi) is 7.17. The highest BCUT2D eigenvalue weighted by Gasteiger charge is 2.22. The highest BCUT2D eigenvalue weighted by molar-refractivity contribution is 6.31. The lowest BCUT2D eigenvalue weighted by molar-refractivity contribution is -0.119. The molecule has 2 aromatic heterocycles. The van der Waals surface area contributed by atoms with Crippen molar-refractivity contribution in [1.29, 1.82) is 0 Å². The molecule has 0 bridgehead atoms. The van der Waals surface area contributed by atoms with Gasteiger partial charge in [0.25, 0.3) is 0 Å². The van der Waals surface area contributed by atoms with E-state index >= 15 is 0 Å². The largest absolute Gasteiger partial charge is 0.454 e. The van der Waals surface area contributed by atoms with E-state index in [1.165, 1.54) is 0 Å². The molecule has 0 radical (unpaired) electrons. The van der Waals surface area contributed by atoms with Gasteiger partial charge in [-0.15, -0.1) is 0 Å². The summed E-state index contributed by atoms with van der Waals surface area (Å²) in [5.74, 6) is 0.432. The molecule has 0 saturated heterocycles. The fourth-order valence-corrected chi connectivity index (χ4v) is 4.21. The number of hydrogen-bond donors (Lipinski definition) is 2. The first-order valence-electron chi connectivity index (χ1n) is 11.4. The number of carbonyl (C=O) groups excluding carboxylic acids is 2. The van der Waals surface area contributed by atoms with Gasteiger partial charge in [-0.1, -0.05) is 36.6 Å². The van der Waals surface area contributed by atoms with Crippen LogP contribution in [0.5, 0.6) is 0 Å². The summed E-state index contributed by atoms with van der Waals surface area (Å²) in [5.41, 5.74) is 6.23. The Morgan fingerprint density at radius 1 is 1.21 bits per heavy atom. The van der Waals surface area contributed by atoms with Crippen molar-refractivity contribution in [1.82, 2.24) is 15.2 Å². The van der Waals surface area contributed by atoms with Crippen molar-refractivity contribution >= 4 is 34.8 Å². The van der Waals surface area contributed by atoms with E-state index in [1.807, 2.05) is 38.1 Å². The van der Waals surface area contributed by atoms with Crippen LogP contribution in [0.1, 0.15) is 65.9 Å². The summed E-state index contributed by atoms with van der Waals surface area (Å²) < 4.78 is 7.41. The van der Waals surface area contributed by atoms with Gasteiger partial charge in [0.1, 0.15) is 5.76 Å². The Morgan fingerprint density at radius 3 is 2.68 bits per heavy atom. The van der Waals surface area contributed by atoms with Crippen LogP contribution in [-0.2, 0) is 11.3 Å². The van der Waals surface area contributed by atoms with Crippen molar-refractivity contribution < 1.29 is 14.0 Å². The number of hydrazone groups is 1. The molecule has 3 aromatic rings. The first-order valence-corrected chi connectivity index (χ1v) is 11.7. The van der Waals surface area contributed by atoms with Crippen LogP contribution in [-0.4, -0.2) is 27.3 Å². The molecular weight excluding hydrogens is 454 g/mol. The molecular formula is C25H28ClN5O3. The van der Waals surface area contributed by atoms with Gasteiger partial charge >= 0.3 is 5.91 Å². The maximum absolute atomic E-state index is 12.5. The number of aromatic nitrogens is 2. The van der Waals surface area contributed by atoms with Gasteiger partial charge in [-0.25, -0.2) is 5.43 Å². The molecule has 178 valence electrons. The summed E-state index contributed by atoms with van der Waals surface area (Å²) in [6.07, 6.45) is 4.11. The van der Waals surface area contributed by atoms with Crippen LogP contribution >= 0.6 is 11.6 Å². The zero-order valence-electron chi connectivity index (χ0n) is 19.5. The molecule has 1 aliphatic rings. The molecule has 9 heteroatoms. The fourth-order valence-electron chi connectivity index (χ4n) is 4.07. The van der Waals surface area contributed by atoms with Crippen LogP contribution in [0.4, 0.5) is 5.69 Å². The van der Waals surface area contributed by atoms with Gasteiger partial charge in [0.2, 0.25) is 5.91 Å². The van der Waals surface area contributed by atoms with Gasteiger partial charge in [0, 0.05) is 11.6 Å². The van der Waals surface area contributed by atoms with Crippen molar-refractivity contribution in [2.75, 3.05) is 5.32 Å². The third kappa shape index (κ3) is 5.39. The number of halogens is 1. The lowest BCUT2D eigenvalue weighted by Gasteiger charge is -2.11. The maximum Gasteiger partial charge on any atom is 0.307 e. The molecule has 0 atom stereocenters. The molecule has 4 rings (SSSR count). The van der Waals surface area contributed by atoms with Gasteiger partial charge in [0.05, 0.1) is 28.7 Å². The number of nitrogens with zero attached hydrogens (tertiary/aromatic N) is 3. The molecule has 2 amide bonds. The van der Waals surface area contributed by atoms with E-state index in [1.54, 1.807) is 23.7 Å². The molecule has 1 fully saturated rings. The number of furan rings is 1. The molecule has 0 spiro atoms. The summed E-state index contributed by atoms with van der Waals surface area (Å²) in [4.78, 5) is 24.9. The monoisotopic (exact) mass is 481 g/mol. The minimum atomic E-state index is -0.456. The van der Waals surface area contributed by atoms with Crippen LogP contribution in [0.2, 0.25) is 5.02 Å². The summed E-state index contributed by atoms with van der Waals surface area (Å²) in [6, 6.07) is 10.8. The Hall–Kier alpha value is -3.39. The zero-order chi connectivity index (χ0) is 24.2. The molecule has 1 saturated carbocycles. The Morgan fingerprint density at radius 2 is 1.97 bits per heavy atom. The number of nitrogens with one attached hydrogen (secondary N) is 2. The van der Waals surface area contributed by atoms with E-state index < -0.39 is 5.91 Å². The van der Waals surface area contributed by atoms with Gasteiger partial charge in [-0.2, -0.15) is 10.2 Å². The lowest BCUT2D eigenvalue weighted by atomic mass is 10.1. The van der Waals surface area contributed by atoms with Crippen LogP contribution in [0.3, 0.4) is 0 Å². The fraction of sp³-hybridized carbons (Fsp3) is 0.360. The number of rotatable bonds is 7. The van der Waals surface area contributed by atoms with Gasteiger partial charge < -0.3 is 9.73 Å². The first-order chi connectivity index (χ1) is 16.3. The number of carbonyl (C=O) groups is 2. The molecule has 2 heterocycles. The third-order valence-corrected chi connectivity index (χ3v) is 6.63. The number of aryl methyl sites for hydroxylation is 1. The maximum atomic E-state index is 12.5. The van der Waals surface area contributed by atoms with Gasteiger partial charge in [0.15, 0.2) is 5.76 Å². The predicted octanol–water partition coefficient (Wildman–Crippen LogP) is 5.08. The quantitative estimate of drug-likeness (QED) is 0.363. The summed E-state index contributed by atoms with van der Waals surface area (Å²) in [7, 11) is 0. The SMILES string of the molecule is C/C(=N\NC(=O)c1ccc(Cn2nc(C)c(Cl)c2C)o1)c1cccc(NC(=O)C2CCCC2)c1. The lowest BCUT2D eigenvalue weighted by Crippen LogP contribution is -2.20. The van der Waals surface area contributed by atoms with Crippen LogP contribution < -0.4 is 10.7 Å². The van der Waals surface area contributed by atoms with E-state index in [9.17, 15) is 9.59 Å². The van der Waals surface area contributed by atoms with Gasteiger partial charge in [-0.3, -0.25) is 14.3 Å². The van der Waals surface area contributed by atoms with Gasteiger partial charge in [-0.05, 0) is 63.4 Å². The Bertz CT molecular complexity index is 1240. The smallest absolute Gasteiger partial charge is 0.307 e. The topological polar surface area (TPSA) is 102 Å². The molecule has 1 aromatic carbocycles. The normalized spacial score (nSPS) is 14.4. The second kappa shape index (κ2) is 10.3. The molecule has 2 N–H and O–H groups in total. The van der Waals surface area contributed by atoms with E-state index in [-0.39, 0.29) is 17.6 Å². The van der Waals surface area contributed by atoms with E-state index in [0.29, 0.717) is 23.0 Å². The Balaban J connectivity index is 1.37. The van der Waals surface area contributed by atoms with E-state index in [2.05, 4.69) is 20.9 Å². The van der Waals surface area contributed by atoms with Crippen LogP contribution in [0.15, 0.2) is 45.9 Å². The Labute approximate surface area is 203 Å². The molecule has 0 unspecified atom stereocenters. The summed E-state index contributed by atoms with van der Waals surface area (Å²) >= 11 is 6.19. The number of amides is 2. The predicted molar refractivity (Wildman–Crippen MR) is 131 cm³/mol. The average Bonchev–Trinajstić information content (AvgIpc) is 3.57. The minimum absolute atomic E-state index is 0.0638. The van der Waals surface area contributed by atoms with Crippen molar-refractivity contribution in [3.8, 4) is 0 Å². The minimum Gasteiger partial charge on any atom is -0.454 e. The van der Waals surface area contributed by atoms with E-state index in [4.69, 9.17) is 16.0 Å². The molecule has 1 aliphatic carbocycles. The van der Waals surface area contributed by atoms with Crippen LogP contribution in [0, 0.1) is 19.8 Å². The zero-order valence-corrected chi connectivity index (χ0v) is 20.3. The van der Waals surface area contributed by atoms with E-state index in [0.717, 1.165) is 48.3 Å². The van der Waals surface area contributed by atoms with Crippen molar-refractivity contribution in [3.63, 3.8) is 0 Å². The summed E-state index contributed by atoms with van der Waals surface area (Å²) in [6.45, 7) is 5.88. The highest BCUT2D eigenvalue weighted by atomic mass is 35.5. The number of benzene rings is 1. The number of anilines is 1. The molecule has 8 nitrogen and oxygen atoms in total. The third-order valence-electron chi connectivity index (χ3n) is 6.08. The van der Waals surface area contributed by atoms with Crippen molar-refractivity contribution in [2.24, 2.45) is 11.0 Å². The molecule has 0 aliphatic heterocycles. The standard InChI is InChI=1S/C25H28ClN5O3/c1-15(19-9-6-10-20(13-19)27-24(32)18-7-4-5-8-18)28-29-25(33)22-12-11-21(34-22)14-31-17(3)23(26)16(2)30-31/h6,9-13,18H,4-5,7-8,14H2,1-3H3,(H,27,32)(H,29,33)/b28-15+. The number of hydrogen-bond acceptors (Lipinski definition) is 5. The second-order valence-electron chi connectivity index (χ2n) is 8.60. The van der Waals surface area contributed by atoms with Crippen molar-refractivity contribution in [2.45, 2.75) is 53.0 Å². The second-order valence-corrected chi connectivity index (χ2v) is 8.98.